The number of piperazine rings is 1. The summed E-state index contributed by atoms with van der Waals surface area (Å²) in [7, 11) is 0. The fourth-order valence-electron chi connectivity index (χ4n) is 4.75. The summed E-state index contributed by atoms with van der Waals surface area (Å²) in [4.78, 5) is 29.3. The molecule has 35 heavy (non-hydrogen) atoms. The number of carbonyl (C=O) groups excluding carboxylic acids is 2. The molecule has 5 rings (SSSR count). The van der Waals surface area contributed by atoms with E-state index >= 15 is 0 Å². The lowest BCUT2D eigenvalue weighted by atomic mass is 10.1. The molecule has 1 N–H and O–H groups in total. The van der Waals surface area contributed by atoms with Gasteiger partial charge in [0.25, 0.3) is 5.91 Å². The fraction of sp³-hybridized carbons (Fsp3) is 0.522. The molecular formula is C23H25ClF3N5O3. The number of hydrogen-bond donors (Lipinski definition) is 1. The summed E-state index contributed by atoms with van der Waals surface area (Å²) >= 11 is 5.81. The smallest absolute Gasteiger partial charge is 0.416 e. The number of aryl methyl sites for hydroxylation is 1. The normalized spacial score (nSPS) is 19.3. The number of benzene rings is 1. The van der Waals surface area contributed by atoms with Crippen LogP contribution in [0.5, 0.6) is 0 Å². The highest BCUT2D eigenvalue weighted by Gasteiger charge is 2.51. The summed E-state index contributed by atoms with van der Waals surface area (Å²) in [6.07, 6.45) is -2.64. The molecule has 0 bridgehead atoms. The Balaban J connectivity index is 1.25. The molecule has 8 nitrogen and oxygen atoms in total. The van der Waals surface area contributed by atoms with Crippen LogP contribution in [0.25, 0.3) is 0 Å². The molecule has 2 aromatic rings. The van der Waals surface area contributed by atoms with Crippen LogP contribution in [0, 0.1) is 0 Å². The fourth-order valence-corrected chi connectivity index (χ4v) is 5.00. The third-order valence-electron chi connectivity index (χ3n) is 6.75. The largest absolute Gasteiger partial charge is 0.445 e. The molecule has 0 unspecified atom stereocenters. The summed E-state index contributed by atoms with van der Waals surface area (Å²) in [5.74, 6) is -0.0971. The number of fused-ring (bicyclic) bond motifs is 1. The highest BCUT2D eigenvalue weighted by atomic mass is 35.5. The summed E-state index contributed by atoms with van der Waals surface area (Å²) in [6.45, 7) is 2.97. The van der Waals surface area contributed by atoms with Crippen LogP contribution >= 0.6 is 11.6 Å². The van der Waals surface area contributed by atoms with Gasteiger partial charge in [-0.15, -0.1) is 0 Å². The van der Waals surface area contributed by atoms with Gasteiger partial charge in [-0.05, 0) is 49.1 Å². The molecule has 0 radical (unpaired) electrons. The number of amides is 2. The average Bonchev–Trinajstić information content (AvgIpc) is 3.51. The summed E-state index contributed by atoms with van der Waals surface area (Å²) in [5, 5.41) is 7.78. The SMILES string of the molecule is O=C(OCc1cc(Cl)cc(C(F)(F)F)c1)N1CCCn2nc(C(=O)N3CCNCC34CC4)cc2C1. The molecule has 2 amide bonds. The first kappa shape index (κ1) is 23.9. The van der Waals surface area contributed by atoms with E-state index in [-0.39, 0.29) is 35.2 Å². The summed E-state index contributed by atoms with van der Waals surface area (Å²) in [6, 6.07) is 4.80. The quantitative estimate of drug-likeness (QED) is 0.680. The van der Waals surface area contributed by atoms with Gasteiger partial charge in [0.05, 0.1) is 23.3 Å². The number of alkyl halides is 3. The predicted molar refractivity (Wildman–Crippen MR) is 120 cm³/mol. The van der Waals surface area contributed by atoms with E-state index in [0.29, 0.717) is 37.4 Å². The van der Waals surface area contributed by atoms with Crippen molar-refractivity contribution in [1.82, 2.24) is 24.9 Å². The zero-order valence-corrected chi connectivity index (χ0v) is 19.7. The zero-order valence-electron chi connectivity index (χ0n) is 18.9. The van der Waals surface area contributed by atoms with Gasteiger partial charge >= 0.3 is 12.3 Å². The van der Waals surface area contributed by atoms with E-state index in [0.717, 1.165) is 38.1 Å². The van der Waals surface area contributed by atoms with Crippen LogP contribution in [0.1, 0.15) is 46.6 Å². The number of nitrogens with one attached hydrogen (secondary N) is 1. The van der Waals surface area contributed by atoms with Crippen molar-refractivity contribution in [3.63, 3.8) is 0 Å². The molecule has 3 aliphatic rings. The molecule has 1 aromatic carbocycles. The van der Waals surface area contributed by atoms with Crippen LogP contribution in [-0.2, 0) is 30.6 Å². The molecule has 1 saturated heterocycles. The molecule has 1 saturated carbocycles. The number of rotatable bonds is 3. The van der Waals surface area contributed by atoms with Gasteiger partial charge in [-0.3, -0.25) is 9.48 Å². The minimum absolute atomic E-state index is 0.0841. The van der Waals surface area contributed by atoms with Gasteiger partial charge in [0, 0.05) is 37.7 Å². The molecule has 12 heteroatoms. The summed E-state index contributed by atoms with van der Waals surface area (Å²) in [5.41, 5.74) is 0.227. The van der Waals surface area contributed by atoms with Crippen LogP contribution in [0.3, 0.4) is 0 Å². The van der Waals surface area contributed by atoms with Gasteiger partial charge in [-0.2, -0.15) is 18.3 Å². The number of nitrogens with zero attached hydrogens (tertiary/aromatic N) is 4. The molecule has 1 aliphatic carbocycles. The maximum absolute atomic E-state index is 13.2. The Labute approximate surface area is 204 Å². The van der Waals surface area contributed by atoms with Crippen molar-refractivity contribution in [2.24, 2.45) is 0 Å². The van der Waals surface area contributed by atoms with Crippen LogP contribution < -0.4 is 5.32 Å². The Hall–Kier alpha value is -2.79. The first-order chi connectivity index (χ1) is 16.6. The first-order valence-electron chi connectivity index (χ1n) is 11.5. The van der Waals surface area contributed by atoms with E-state index in [2.05, 4.69) is 10.4 Å². The second-order valence-electron chi connectivity index (χ2n) is 9.28. The monoisotopic (exact) mass is 511 g/mol. The van der Waals surface area contributed by atoms with Gasteiger partial charge in [0.15, 0.2) is 5.69 Å². The average molecular weight is 512 g/mol. The van der Waals surface area contributed by atoms with E-state index in [4.69, 9.17) is 16.3 Å². The Kier molecular flexibility index (Phi) is 6.16. The van der Waals surface area contributed by atoms with Gasteiger partial charge < -0.3 is 19.9 Å². The van der Waals surface area contributed by atoms with E-state index < -0.39 is 17.8 Å². The molecule has 1 aromatic heterocycles. The van der Waals surface area contributed by atoms with Crippen molar-refractivity contribution in [1.29, 1.82) is 0 Å². The van der Waals surface area contributed by atoms with Crippen LogP contribution in [0.2, 0.25) is 5.02 Å². The van der Waals surface area contributed by atoms with Gasteiger partial charge in [-0.25, -0.2) is 4.79 Å². The van der Waals surface area contributed by atoms with Crippen LogP contribution in [0.15, 0.2) is 24.3 Å². The Bertz CT molecular complexity index is 1150. The number of halogens is 4. The van der Waals surface area contributed by atoms with Gasteiger partial charge in [-0.1, -0.05) is 11.6 Å². The van der Waals surface area contributed by atoms with Crippen molar-refractivity contribution in [3.05, 3.63) is 51.8 Å². The number of aromatic nitrogens is 2. The molecule has 188 valence electrons. The van der Waals surface area contributed by atoms with E-state index in [1.807, 2.05) is 4.90 Å². The predicted octanol–water partition coefficient (Wildman–Crippen LogP) is 3.68. The van der Waals surface area contributed by atoms with Gasteiger partial charge in [0.1, 0.15) is 6.61 Å². The van der Waals surface area contributed by atoms with Crippen molar-refractivity contribution in [3.8, 4) is 0 Å². The van der Waals surface area contributed by atoms with Gasteiger partial charge in [0.2, 0.25) is 0 Å². The molecule has 0 atom stereocenters. The summed E-state index contributed by atoms with van der Waals surface area (Å²) < 4.78 is 46.1. The number of carbonyl (C=O) groups is 2. The van der Waals surface area contributed by atoms with Crippen molar-refractivity contribution in [2.45, 2.75) is 50.7 Å². The maximum Gasteiger partial charge on any atom is 0.416 e. The Morgan fingerprint density at radius 3 is 2.69 bits per heavy atom. The van der Waals surface area contributed by atoms with Crippen LogP contribution in [-0.4, -0.2) is 63.3 Å². The minimum Gasteiger partial charge on any atom is -0.445 e. The topological polar surface area (TPSA) is 79.7 Å². The van der Waals surface area contributed by atoms with Crippen LogP contribution in [0.4, 0.5) is 18.0 Å². The lowest BCUT2D eigenvalue weighted by Crippen LogP contribution is -2.55. The lowest BCUT2D eigenvalue weighted by molar-refractivity contribution is -0.137. The number of hydrogen-bond acceptors (Lipinski definition) is 5. The molecule has 3 heterocycles. The highest BCUT2D eigenvalue weighted by molar-refractivity contribution is 6.30. The maximum atomic E-state index is 13.2. The van der Waals surface area contributed by atoms with Crippen molar-refractivity contribution in [2.75, 3.05) is 26.2 Å². The zero-order chi connectivity index (χ0) is 24.8. The molecule has 2 fully saturated rings. The van der Waals surface area contributed by atoms with Crippen molar-refractivity contribution >= 4 is 23.6 Å². The van der Waals surface area contributed by atoms with E-state index in [9.17, 15) is 22.8 Å². The second kappa shape index (κ2) is 9.02. The molecular weight excluding hydrogens is 487 g/mol. The lowest BCUT2D eigenvalue weighted by Gasteiger charge is -2.36. The highest BCUT2D eigenvalue weighted by Crippen LogP contribution is 2.43. The minimum atomic E-state index is -4.55. The first-order valence-corrected chi connectivity index (χ1v) is 11.9. The van der Waals surface area contributed by atoms with E-state index in [1.165, 1.54) is 11.0 Å². The van der Waals surface area contributed by atoms with E-state index in [1.54, 1.807) is 10.7 Å². The third-order valence-corrected chi connectivity index (χ3v) is 6.97. The standard InChI is InChI=1S/C23H25ClF3N5O3/c24-17-9-15(8-16(10-17)23(25,26)27)13-35-21(34)30-5-1-6-32-18(12-30)11-19(29-32)20(33)31-7-4-28-14-22(31)2-3-22/h8-11,28H,1-7,12-14H2. The molecule has 2 aliphatic heterocycles. The third kappa shape index (κ3) is 4.97. The van der Waals surface area contributed by atoms with Crippen molar-refractivity contribution < 1.29 is 27.5 Å². The Morgan fingerprint density at radius 1 is 1.14 bits per heavy atom. The molecule has 1 spiro atoms. The second-order valence-corrected chi connectivity index (χ2v) is 9.71. The Morgan fingerprint density at radius 2 is 1.94 bits per heavy atom. The number of ether oxygens (including phenoxy) is 1.